The second kappa shape index (κ2) is 6.85. The number of rotatable bonds is 6. The number of nitrogens with zero attached hydrogens (tertiary/aromatic N) is 1. The topological polar surface area (TPSA) is 62.6 Å². The number of benzene rings is 1. The van der Waals surface area contributed by atoms with E-state index in [1.165, 1.54) is 12.1 Å². The zero-order valence-electron chi connectivity index (χ0n) is 12.1. The third kappa shape index (κ3) is 4.03. The van der Waals surface area contributed by atoms with Crippen molar-refractivity contribution in [2.75, 3.05) is 27.2 Å². The Morgan fingerprint density at radius 3 is 2.38 bits per heavy atom. The summed E-state index contributed by atoms with van der Waals surface area (Å²) in [7, 11) is 3.85. The lowest BCUT2D eigenvalue weighted by molar-refractivity contribution is 0.0917. The number of likely N-dealkylation sites (N-methyl/N-ethyl adjacent to an activating group) is 1. The summed E-state index contributed by atoms with van der Waals surface area (Å²) in [5.74, 6) is -0.237. The van der Waals surface area contributed by atoms with Gasteiger partial charge in [0.15, 0.2) is 11.5 Å². The van der Waals surface area contributed by atoms with Crippen molar-refractivity contribution in [1.29, 1.82) is 0 Å². The summed E-state index contributed by atoms with van der Waals surface area (Å²) in [6, 6.07) is 11.9. The van der Waals surface area contributed by atoms with Crippen molar-refractivity contribution in [2.24, 2.45) is 0 Å². The summed E-state index contributed by atoms with van der Waals surface area (Å²) in [5, 5.41) is 2.74. The van der Waals surface area contributed by atoms with Crippen LogP contribution in [0.4, 0.5) is 0 Å². The molecule has 0 radical (unpaired) electrons. The first-order valence-corrected chi connectivity index (χ1v) is 6.70. The second-order valence-electron chi connectivity index (χ2n) is 4.92. The van der Waals surface area contributed by atoms with Gasteiger partial charge in [0, 0.05) is 18.7 Å². The van der Waals surface area contributed by atoms with E-state index in [0.717, 1.165) is 6.54 Å². The van der Waals surface area contributed by atoms with Crippen LogP contribution in [0.15, 0.2) is 46.9 Å². The number of amides is 1. The average molecular weight is 286 g/mol. The van der Waals surface area contributed by atoms with Gasteiger partial charge in [-0.05, 0) is 26.2 Å². The van der Waals surface area contributed by atoms with Crippen molar-refractivity contribution >= 4 is 11.7 Å². The van der Waals surface area contributed by atoms with E-state index < -0.39 is 0 Å². The Morgan fingerprint density at radius 2 is 1.71 bits per heavy atom. The van der Waals surface area contributed by atoms with Crippen LogP contribution in [0.2, 0.25) is 0 Å². The molecule has 1 N–H and O–H groups in total. The van der Waals surface area contributed by atoms with E-state index in [-0.39, 0.29) is 23.2 Å². The summed E-state index contributed by atoms with van der Waals surface area (Å²) in [6.07, 6.45) is 0. The molecule has 1 amide bonds. The zero-order valence-corrected chi connectivity index (χ0v) is 12.1. The monoisotopic (exact) mass is 286 g/mol. The van der Waals surface area contributed by atoms with Crippen LogP contribution >= 0.6 is 0 Å². The molecule has 0 saturated heterocycles. The molecule has 0 aliphatic rings. The van der Waals surface area contributed by atoms with E-state index in [1.807, 2.05) is 25.1 Å². The Morgan fingerprint density at radius 1 is 1.05 bits per heavy atom. The smallest absolute Gasteiger partial charge is 0.287 e. The van der Waals surface area contributed by atoms with Crippen LogP contribution in [0.25, 0.3) is 0 Å². The molecule has 2 rings (SSSR count). The van der Waals surface area contributed by atoms with Gasteiger partial charge in [-0.25, -0.2) is 0 Å². The van der Waals surface area contributed by atoms with E-state index in [1.54, 1.807) is 24.3 Å². The summed E-state index contributed by atoms with van der Waals surface area (Å²) < 4.78 is 5.34. The van der Waals surface area contributed by atoms with Crippen molar-refractivity contribution in [3.8, 4) is 0 Å². The fourth-order valence-corrected chi connectivity index (χ4v) is 1.79. The number of carbonyl (C=O) groups is 2. The minimum atomic E-state index is -0.316. The van der Waals surface area contributed by atoms with Crippen LogP contribution in [0.3, 0.4) is 0 Å². The van der Waals surface area contributed by atoms with Gasteiger partial charge in [-0.1, -0.05) is 30.3 Å². The maximum Gasteiger partial charge on any atom is 0.287 e. The van der Waals surface area contributed by atoms with Crippen molar-refractivity contribution in [1.82, 2.24) is 10.2 Å². The van der Waals surface area contributed by atoms with Gasteiger partial charge in [0.1, 0.15) is 0 Å². The van der Waals surface area contributed by atoms with E-state index in [9.17, 15) is 9.59 Å². The Labute approximate surface area is 123 Å². The molecule has 0 aliphatic carbocycles. The fourth-order valence-electron chi connectivity index (χ4n) is 1.79. The summed E-state index contributed by atoms with van der Waals surface area (Å²) in [5.41, 5.74) is 0.534. The minimum Gasteiger partial charge on any atom is -0.447 e. The Hall–Kier alpha value is -2.40. The first-order valence-electron chi connectivity index (χ1n) is 6.70. The molecule has 0 atom stereocenters. The van der Waals surface area contributed by atoms with Crippen molar-refractivity contribution < 1.29 is 14.0 Å². The molecular weight excluding hydrogens is 268 g/mol. The molecule has 0 spiro atoms. The number of furan rings is 1. The van der Waals surface area contributed by atoms with Gasteiger partial charge >= 0.3 is 0 Å². The molecule has 0 unspecified atom stereocenters. The number of hydrogen-bond donors (Lipinski definition) is 1. The molecule has 1 aromatic heterocycles. The highest BCUT2D eigenvalue weighted by atomic mass is 16.4. The predicted octanol–water partition coefficient (Wildman–Crippen LogP) is 1.80. The lowest BCUT2D eigenvalue weighted by Crippen LogP contribution is -2.31. The van der Waals surface area contributed by atoms with Crippen molar-refractivity contribution in [3.63, 3.8) is 0 Å². The number of ketones is 1. The van der Waals surface area contributed by atoms with E-state index in [0.29, 0.717) is 12.1 Å². The molecule has 110 valence electrons. The molecule has 0 fully saturated rings. The van der Waals surface area contributed by atoms with Crippen LogP contribution in [0.1, 0.15) is 26.7 Å². The Kier molecular flexibility index (Phi) is 4.90. The van der Waals surface area contributed by atoms with Crippen LogP contribution in [0, 0.1) is 0 Å². The maximum absolute atomic E-state index is 12.2. The van der Waals surface area contributed by atoms with Gasteiger partial charge in [0.25, 0.3) is 5.91 Å². The summed E-state index contributed by atoms with van der Waals surface area (Å²) >= 11 is 0. The third-order valence-corrected chi connectivity index (χ3v) is 2.93. The van der Waals surface area contributed by atoms with Crippen LogP contribution < -0.4 is 5.32 Å². The molecule has 5 heteroatoms. The van der Waals surface area contributed by atoms with Gasteiger partial charge < -0.3 is 14.6 Å². The summed E-state index contributed by atoms with van der Waals surface area (Å²) in [6.45, 7) is 1.26. The SMILES string of the molecule is CN(C)CCNC(=O)c1ccc(C(=O)c2ccccc2)o1. The zero-order chi connectivity index (χ0) is 15.2. The lowest BCUT2D eigenvalue weighted by Gasteiger charge is -2.09. The molecule has 1 aromatic carbocycles. The first kappa shape index (κ1) is 15.0. The van der Waals surface area contributed by atoms with E-state index in [2.05, 4.69) is 5.32 Å². The standard InChI is InChI=1S/C16H18N2O3/c1-18(2)11-10-17-16(20)14-9-8-13(21-14)15(19)12-6-4-3-5-7-12/h3-9H,10-11H2,1-2H3,(H,17,20). The van der Waals surface area contributed by atoms with Gasteiger partial charge in [-0.2, -0.15) is 0 Å². The van der Waals surface area contributed by atoms with E-state index in [4.69, 9.17) is 4.42 Å². The Bertz CT molecular complexity index is 617. The first-order chi connectivity index (χ1) is 10.1. The molecule has 0 saturated carbocycles. The van der Waals surface area contributed by atoms with Gasteiger partial charge in [-0.3, -0.25) is 9.59 Å². The van der Waals surface area contributed by atoms with Gasteiger partial charge in [-0.15, -0.1) is 0 Å². The molecular formula is C16H18N2O3. The molecule has 0 bridgehead atoms. The Balaban J connectivity index is 2.01. The minimum absolute atomic E-state index is 0.146. The number of nitrogens with one attached hydrogen (secondary N) is 1. The highest BCUT2D eigenvalue weighted by Gasteiger charge is 2.16. The quantitative estimate of drug-likeness (QED) is 0.823. The second-order valence-corrected chi connectivity index (χ2v) is 4.92. The highest BCUT2D eigenvalue weighted by molar-refractivity contribution is 6.07. The lowest BCUT2D eigenvalue weighted by atomic mass is 10.1. The number of hydrogen-bond acceptors (Lipinski definition) is 4. The van der Waals surface area contributed by atoms with Crippen molar-refractivity contribution in [3.05, 3.63) is 59.5 Å². The van der Waals surface area contributed by atoms with Crippen LogP contribution in [0.5, 0.6) is 0 Å². The molecule has 2 aromatic rings. The average Bonchev–Trinajstić information content (AvgIpc) is 2.97. The molecule has 0 aliphatic heterocycles. The van der Waals surface area contributed by atoms with Crippen LogP contribution in [-0.2, 0) is 0 Å². The normalized spacial score (nSPS) is 10.6. The van der Waals surface area contributed by atoms with Gasteiger partial charge in [0.2, 0.25) is 5.78 Å². The number of carbonyl (C=O) groups excluding carboxylic acids is 2. The molecule has 21 heavy (non-hydrogen) atoms. The maximum atomic E-state index is 12.2. The van der Waals surface area contributed by atoms with Crippen molar-refractivity contribution in [2.45, 2.75) is 0 Å². The van der Waals surface area contributed by atoms with E-state index >= 15 is 0 Å². The largest absolute Gasteiger partial charge is 0.447 e. The summed E-state index contributed by atoms with van der Waals surface area (Å²) in [4.78, 5) is 26.0. The van der Waals surface area contributed by atoms with Gasteiger partial charge in [0.05, 0.1) is 0 Å². The fraction of sp³-hybridized carbons (Fsp3) is 0.250. The molecule has 1 heterocycles. The third-order valence-electron chi connectivity index (χ3n) is 2.93. The molecule has 5 nitrogen and oxygen atoms in total. The highest BCUT2D eigenvalue weighted by Crippen LogP contribution is 2.13. The van der Waals surface area contributed by atoms with Crippen LogP contribution in [-0.4, -0.2) is 43.8 Å². The predicted molar refractivity (Wildman–Crippen MR) is 79.5 cm³/mol.